The highest BCUT2D eigenvalue weighted by Gasteiger charge is 2.14. The van der Waals surface area contributed by atoms with E-state index >= 15 is 0 Å². The maximum atomic E-state index is 5.45. The molecule has 2 N–H and O–H groups in total. The van der Waals surface area contributed by atoms with Gasteiger partial charge < -0.3 is 20.1 Å². The van der Waals surface area contributed by atoms with Gasteiger partial charge in [-0.05, 0) is 50.0 Å². The molecule has 1 rings (SSSR count). The van der Waals surface area contributed by atoms with Crippen LogP contribution < -0.4 is 20.1 Å². The van der Waals surface area contributed by atoms with Gasteiger partial charge in [0.05, 0.1) is 20.3 Å². The number of hydrogen-bond donors (Lipinski definition) is 2. The number of halogens is 1. The van der Waals surface area contributed by atoms with E-state index in [1.54, 1.807) is 21.3 Å². The van der Waals surface area contributed by atoms with Gasteiger partial charge in [-0.1, -0.05) is 0 Å². The van der Waals surface area contributed by atoms with Gasteiger partial charge in [-0.3, -0.25) is 4.99 Å². The highest BCUT2D eigenvalue weighted by Crippen LogP contribution is 2.29. The summed E-state index contributed by atoms with van der Waals surface area (Å²) in [6.45, 7) is 3.00. The van der Waals surface area contributed by atoms with E-state index in [4.69, 9.17) is 9.47 Å². The Morgan fingerprint density at radius 2 is 2.00 bits per heavy atom. The summed E-state index contributed by atoms with van der Waals surface area (Å²) in [5, 5.41) is 6.75. The van der Waals surface area contributed by atoms with Gasteiger partial charge in [0.25, 0.3) is 0 Å². The molecule has 1 aromatic rings. The van der Waals surface area contributed by atoms with Crippen LogP contribution in [0.2, 0.25) is 0 Å². The Bertz CT molecular complexity index is 501. The van der Waals surface area contributed by atoms with Crippen LogP contribution in [-0.4, -0.2) is 45.8 Å². The van der Waals surface area contributed by atoms with Crippen LogP contribution in [-0.2, 0) is 0 Å². The zero-order valence-electron chi connectivity index (χ0n) is 15.2. The van der Waals surface area contributed by atoms with E-state index in [0.29, 0.717) is 0 Å². The Labute approximate surface area is 167 Å². The minimum atomic E-state index is 0. The molecule has 5 nitrogen and oxygen atoms in total. The average Bonchev–Trinajstić information content (AvgIpc) is 2.59. The number of nitrogens with one attached hydrogen (secondary N) is 2. The number of guanidine groups is 1. The maximum Gasteiger partial charge on any atom is 0.191 e. The van der Waals surface area contributed by atoms with Crippen LogP contribution in [0.3, 0.4) is 0 Å². The van der Waals surface area contributed by atoms with Crippen molar-refractivity contribution >= 4 is 41.7 Å². The third-order valence-corrected chi connectivity index (χ3v) is 4.24. The van der Waals surface area contributed by atoms with E-state index in [9.17, 15) is 0 Å². The molecule has 0 saturated heterocycles. The average molecular weight is 467 g/mol. The molecule has 1 aromatic carbocycles. The molecule has 1 unspecified atom stereocenters. The van der Waals surface area contributed by atoms with Gasteiger partial charge in [0, 0.05) is 19.2 Å². The fourth-order valence-corrected chi connectivity index (χ4v) is 2.73. The second-order valence-corrected chi connectivity index (χ2v) is 6.16. The Balaban J connectivity index is 0.00000529. The monoisotopic (exact) mass is 467 g/mol. The zero-order valence-corrected chi connectivity index (χ0v) is 18.4. The summed E-state index contributed by atoms with van der Waals surface area (Å²) in [5.74, 6) is 3.65. The van der Waals surface area contributed by atoms with Crippen LogP contribution in [0.5, 0.6) is 11.5 Å². The molecule has 0 aliphatic rings. The fraction of sp³-hybridized carbons (Fsp3) is 0.588. The van der Waals surface area contributed by atoms with E-state index in [0.717, 1.165) is 36.0 Å². The molecule has 138 valence electrons. The molecule has 0 fully saturated rings. The normalized spacial score (nSPS) is 12.1. The number of unbranched alkanes of at least 4 members (excludes halogenated alkanes) is 1. The first-order valence-electron chi connectivity index (χ1n) is 7.84. The van der Waals surface area contributed by atoms with Gasteiger partial charge >= 0.3 is 0 Å². The topological polar surface area (TPSA) is 54.9 Å². The van der Waals surface area contributed by atoms with Crippen molar-refractivity contribution in [3.63, 3.8) is 0 Å². The van der Waals surface area contributed by atoms with Crippen molar-refractivity contribution in [2.75, 3.05) is 39.8 Å². The van der Waals surface area contributed by atoms with Crippen LogP contribution in [0, 0.1) is 0 Å². The number of nitrogens with zero attached hydrogens (tertiary/aromatic N) is 1. The van der Waals surface area contributed by atoms with Crippen molar-refractivity contribution in [1.82, 2.24) is 10.6 Å². The van der Waals surface area contributed by atoms with Crippen molar-refractivity contribution < 1.29 is 9.47 Å². The molecule has 1 atom stereocenters. The van der Waals surface area contributed by atoms with Crippen molar-refractivity contribution in [1.29, 1.82) is 0 Å². The second-order valence-electron chi connectivity index (χ2n) is 5.17. The van der Waals surface area contributed by atoms with Gasteiger partial charge in [0.15, 0.2) is 5.96 Å². The lowest BCUT2D eigenvalue weighted by molar-refractivity contribution is 0.394. The van der Waals surface area contributed by atoms with Crippen LogP contribution in [0.15, 0.2) is 23.2 Å². The van der Waals surface area contributed by atoms with Crippen molar-refractivity contribution in [3.8, 4) is 11.5 Å². The zero-order chi connectivity index (χ0) is 17.1. The first kappa shape index (κ1) is 23.2. The first-order valence-corrected chi connectivity index (χ1v) is 9.23. The molecule has 7 heteroatoms. The predicted molar refractivity (Wildman–Crippen MR) is 115 cm³/mol. The van der Waals surface area contributed by atoms with Gasteiger partial charge in [-0.15, -0.1) is 24.0 Å². The molecule has 0 radical (unpaired) electrons. The number of benzene rings is 1. The van der Waals surface area contributed by atoms with Gasteiger partial charge in [-0.25, -0.2) is 0 Å². The molecule has 0 saturated carbocycles. The van der Waals surface area contributed by atoms with Gasteiger partial charge in [-0.2, -0.15) is 11.8 Å². The van der Waals surface area contributed by atoms with Crippen molar-refractivity contribution in [2.24, 2.45) is 4.99 Å². The third kappa shape index (κ3) is 7.83. The number of hydrogen-bond acceptors (Lipinski definition) is 4. The second kappa shape index (κ2) is 13.5. The van der Waals surface area contributed by atoms with E-state index in [1.165, 1.54) is 12.2 Å². The predicted octanol–water partition coefficient (Wildman–Crippen LogP) is 3.69. The quantitative estimate of drug-likeness (QED) is 0.251. The molecule has 24 heavy (non-hydrogen) atoms. The number of aliphatic imine (C=N–C) groups is 1. The summed E-state index contributed by atoms with van der Waals surface area (Å²) in [6, 6.07) is 5.86. The molecule has 0 aliphatic heterocycles. The van der Waals surface area contributed by atoms with E-state index in [2.05, 4.69) is 28.8 Å². The largest absolute Gasteiger partial charge is 0.497 e. The minimum absolute atomic E-state index is 0. The maximum absolute atomic E-state index is 5.45. The Morgan fingerprint density at radius 3 is 2.58 bits per heavy atom. The van der Waals surface area contributed by atoms with Crippen molar-refractivity contribution in [2.45, 2.75) is 25.8 Å². The van der Waals surface area contributed by atoms with Gasteiger partial charge in [0.2, 0.25) is 0 Å². The Hall–Kier alpha value is -0.830. The Kier molecular flexibility index (Phi) is 13.0. The molecular formula is C17H30IN3O2S. The van der Waals surface area contributed by atoms with Gasteiger partial charge in [0.1, 0.15) is 11.5 Å². The smallest absolute Gasteiger partial charge is 0.191 e. The van der Waals surface area contributed by atoms with Crippen LogP contribution in [0.25, 0.3) is 0 Å². The SMILES string of the molecule is CN=C(NCCCCSC)NC(C)c1cc(OC)ccc1OC.I. The van der Waals surface area contributed by atoms with Crippen LogP contribution >= 0.6 is 35.7 Å². The third-order valence-electron chi connectivity index (χ3n) is 3.55. The lowest BCUT2D eigenvalue weighted by Gasteiger charge is -2.20. The minimum Gasteiger partial charge on any atom is -0.497 e. The Morgan fingerprint density at radius 1 is 1.25 bits per heavy atom. The molecule has 0 heterocycles. The highest BCUT2D eigenvalue weighted by molar-refractivity contribution is 14.0. The molecule has 0 aromatic heterocycles. The summed E-state index contributed by atoms with van der Waals surface area (Å²) < 4.78 is 10.8. The number of ether oxygens (including phenoxy) is 2. The summed E-state index contributed by atoms with van der Waals surface area (Å²) in [7, 11) is 5.13. The van der Waals surface area contributed by atoms with Crippen molar-refractivity contribution in [3.05, 3.63) is 23.8 Å². The van der Waals surface area contributed by atoms with E-state index < -0.39 is 0 Å². The molecular weight excluding hydrogens is 437 g/mol. The highest BCUT2D eigenvalue weighted by atomic mass is 127. The lowest BCUT2D eigenvalue weighted by Crippen LogP contribution is -2.39. The van der Waals surface area contributed by atoms with Crippen LogP contribution in [0.1, 0.15) is 31.4 Å². The summed E-state index contributed by atoms with van der Waals surface area (Å²) in [5.41, 5.74) is 1.04. The summed E-state index contributed by atoms with van der Waals surface area (Å²) in [4.78, 5) is 4.29. The molecule has 0 amide bonds. The summed E-state index contributed by atoms with van der Waals surface area (Å²) >= 11 is 1.88. The number of thioether (sulfide) groups is 1. The molecule has 0 bridgehead atoms. The fourth-order valence-electron chi connectivity index (χ4n) is 2.23. The van der Waals surface area contributed by atoms with Crippen LogP contribution in [0.4, 0.5) is 0 Å². The summed E-state index contributed by atoms with van der Waals surface area (Å²) in [6.07, 6.45) is 4.49. The molecule has 0 spiro atoms. The number of rotatable bonds is 9. The standard InChI is InChI=1S/C17H29N3O2S.HI/c1-13(15-12-14(21-3)8-9-16(15)22-4)20-17(18-2)19-10-6-7-11-23-5;/h8-9,12-13H,6-7,10-11H2,1-5H3,(H2,18,19,20);1H. The first-order chi connectivity index (χ1) is 11.2. The lowest BCUT2D eigenvalue weighted by atomic mass is 10.1. The molecule has 0 aliphatic carbocycles. The van der Waals surface area contributed by atoms with E-state index in [1.807, 2.05) is 30.0 Å². The van der Waals surface area contributed by atoms with E-state index in [-0.39, 0.29) is 30.0 Å². The number of methoxy groups -OCH3 is 2.